The molecule has 3 amide bonds. The SMILES string of the molecule is O=C1NCCCCCN(C(=O)COc2ccc(F)cc2)[C@@H]2C[C@@H](C(=O)N3CCc4ccccc4C3)C[C@H]12. The molecule has 1 saturated carbocycles. The van der Waals surface area contributed by atoms with Gasteiger partial charge >= 0.3 is 0 Å². The van der Waals surface area contributed by atoms with Crippen molar-refractivity contribution in [3.05, 3.63) is 65.5 Å². The third-order valence-corrected chi connectivity index (χ3v) is 7.93. The van der Waals surface area contributed by atoms with E-state index in [9.17, 15) is 18.8 Å². The molecule has 0 bridgehead atoms. The molecule has 196 valence electrons. The van der Waals surface area contributed by atoms with Gasteiger partial charge in [-0.15, -0.1) is 0 Å². The summed E-state index contributed by atoms with van der Waals surface area (Å²) in [6, 6.07) is 13.4. The zero-order valence-electron chi connectivity index (χ0n) is 21.0. The van der Waals surface area contributed by atoms with Crippen molar-refractivity contribution >= 4 is 17.7 Å². The predicted molar refractivity (Wildman–Crippen MR) is 136 cm³/mol. The number of carbonyl (C=O) groups excluding carboxylic acids is 3. The molecule has 3 atom stereocenters. The van der Waals surface area contributed by atoms with Crippen LogP contribution in [0.4, 0.5) is 4.39 Å². The molecule has 0 spiro atoms. The predicted octanol–water partition coefficient (Wildman–Crippen LogP) is 3.31. The van der Waals surface area contributed by atoms with Crippen LogP contribution >= 0.6 is 0 Å². The van der Waals surface area contributed by atoms with Crippen LogP contribution in [0, 0.1) is 17.7 Å². The van der Waals surface area contributed by atoms with Crippen LogP contribution in [0.1, 0.15) is 43.2 Å². The van der Waals surface area contributed by atoms with Crippen molar-refractivity contribution in [3.8, 4) is 5.75 Å². The summed E-state index contributed by atoms with van der Waals surface area (Å²) in [7, 11) is 0. The van der Waals surface area contributed by atoms with E-state index in [1.165, 1.54) is 35.4 Å². The number of benzene rings is 2. The summed E-state index contributed by atoms with van der Waals surface area (Å²) in [6.07, 6.45) is 4.31. The Labute approximate surface area is 217 Å². The van der Waals surface area contributed by atoms with E-state index in [4.69, 9.17) is 4.74 Å². The van der Waals surface area contributed by atoms with Crippen molar-refractivity contribution in [3.63, 3.8) is 0 Å². The van der Waals surface area contributed by atoms with Crippen molar-refractivity contribution < 1.29 is 23.5 Å². The van der Waals surface area contributed by atoms with E-state index < -0.39 is 5.92 Å². The fourth-order valence-electron chi connectivity index (χ4n) is 5.95. The Balaban J connectivity index is 1.31. The summed E-state index contributed by atoms with van der Waals surface area (Å²) >= 11 is 0. The van der Waals surface area contributed by atoms with Crippen molar-refractivity contribution in [2.45, 2.75) is 51.1 Å². The van der Waals surface area contributed by atoms with Gasteiger partial charge in [-0.05, 0) is 73.9 Å². The van der Waals surface area contributed by atoms with Crippen LogP contribution in [-0.4, -0.2) is 59.8 Å². The van der Waals surface area contributed by atoms with Crippen LogP contribution in [0.3, 0.4) is 0 Å². The maximum atomic E-state index is 13.6. The van der Waals surface area contributed by atoms with Crippen molar-refractivity contribution in [2.24, 2.45) is 11.8 Å². The van der Waals surface area contributed by atoms with Gasteiger partial charge < -0.3 is 19.9 Å². The quantitative estimate of drug-likeness (QED) is 0.689. The summed E-state index contributed by atoms with van der Waals surface area (Å²) in [6.45, 7) is 2.20. The first-order chi connectivity index (χ1) is 18.0. The zero-order valence-corrected chi connectivity index (χ0v) is 21.0. The molecule has 1 N–H and O–H groups in total. The van der Waals surface area contributed by atoms with Crippen LogP contribution in [0.5, 0.6) is 5.75 Å². The number of halogens is 1. The monoisotopic (exact) mass is 507 g/mol. The summed E-state index contributed by atoms with van der Waals surface area (Å²) < 4.78 is 18.9. The number of fused-ring (bicyclic) bond motifs is 2. The summed E-state index contributed by atoms with van der Waals surface area (Å²) in [5, 5.41) is 3.03. The molecule has 8 heteroatoms. The maximum absolute atomic E-state index is 13.6. The highest BCUT2D eigenvalue weighted by Crippen LogP contribution is 2.37. The molecule has 2 aliphatic heterocycles. The molecule has 7 nitrogen and oxygen atoms in total. The Morgan fingerprint density at radius 1 is 0.973 bits per heavy atom. The molecule has 1 aliphatic carbocycles. The zero-order chi connectivity index (χ0) is 25.8. The standard InChI is InChI=1S/C29H34FN3O4/c30-23-8-10-24(11-9-23)37-19-27(34)33-14-5-1-4-13-31-28(35)25-16-22(17-26(25)33)29(36)32-15-12-20-6-2-3-7-21(20)18-32/h2-3,6-11,22,25-26H,1,4-5,12-19H2,(H,31,35)/t22-,25-,26+/m0/s1. The summed E-state index contributed by atoms with van der Waals surface area (Å²) in [5.41, 5.74) is 2.45. The fraction of sp³-hybridized carbons (Fsp3) is 0.483. The Hall–Kier alpha value is -3.42. The first-order valence-electron chi connectivity index (χ1n) is 13.3. The lowest BCUT2D eigenvalue weighted by Gasteiger charge is -2.34. The minimum atomic E-state index is -0.432. The number of amides is 3. The van der Waals surface area contributed by atoms with Gasteiger partial charge in [-0.2, -0.15) is 0 Å². The van der Waals surface area contributed by atoms with E-state index in [1.807, 2.05) is 17.0 Å². The van der Waals surface area contributed by atoms with Gasteiger partial charge in [0, 0.05) is 38.1 Å². The van der Waals surface area contributed by atoms with E-state index in [0.717, 1.165) is 25.7 Å². The van der Waals surface area contributed by atoms with E-state index in [2.05, 4.69) is 17.4 Å². The lowest BCUT2D eigenvalue weighted by atomic mass is 9.97. The van der Waals surface area contributed by atoms with E-state index >= 15 is 0 Å². The second-order valence-corrected chi connectivity index (χ2v) is 10.3. The Morgan fingerprint density at radius 2 is 1.76 bits per heavy atom. The highest BCUT2D eigenvalue weighted by atomic mass is 19.1. The van der Waals surface area contributed by atoms with Gasteiger partial charge in [-0.25, -0.2) is 4.39 Å². The van der Waals surface area contributed by atoms with E-state index in [-0.39, 0.29) is 42.1 Å². The van der Waals surface area contributed by atoms with Gasteiger partial charge in [0.2, 0.25) is 11.8 Å². The highest BCUT2D eigenvalue weighted by molar-refractivity contribution is 5.86. The minimum absolute atomic E-state index is 0.0691. The fourth-order valence-corrected chi connectivity index (χ4v) is 5.95. The maximum Gasteiger partial charge on any atom is 0.260 e. The van der Waals surface area contributed by atoms with Gasteiger partial charge in [0.25, 0.3) is 5.91 Å². The topological polar surface area (TPSA) is 79.0 Å². The van der Waals surface area contributed by atoms with Crippen molar-refractivity contribution in [1.29, 1.82) is 0 Å². The van der Waals surface area contributed by atoms with Crippen molar-refractivity contribution in [2.75, 3.05) is 26.2 Å². The number of carbonyl (C=O) groups is 3. The number of nitrogens with one attached hydrogen (secondary N) is 1. The number of rotatable bonds is 4. The lowest BCUT2D eigenvalue weighted by molar-refractivity contribution is -0.139. The van der Waals surface area contributed by atoms with Gasteiger partial charge in [0.05, 0.1) is 5.92 Å². The second kappa shape index (κ2) is 11.3. The van der Waals surface area contributed by atoms with Crippen LogP contribution in [0.25, 0.3) is 0 Å². The molecule has 3 aliphatic rings. The van der Waals surface area contributed by atoms with Crippen molar-refractivity contribution in [1.82, 2.24) is 15.1 Å². The van der Waals surface area contributed by atoms with Crippen LogP contribution < -0.4 is 10.1 Å². The summed E-state index contributed by atoms with van der Waals surface area (Å²) in [5.74, 6) is -0.924. The molecule has 2 fully saturated rings. The number of ether oxygens (including phenoxy) is 1. The third kappa shape index (κ3) is 5.78. The van der Waals surface area contributed by atoms with E-state index in [0.29, 0.717) is 44.8 Å². The largest absolute Gasteiger partial charge is 0.484 e. The lowest BCUT2D eigenvalue weighted by Crippen LogP contribution is -2.49. The molecule has 0 unspecified atom stereocenters. The van der Waals surface area contributed by atoms with Gasteiger partial charge in [-0.3, -0.25) is 14.4 Å². The molecule has 5 rings (SSSR count). The second-order valence-electron chi connectivity index (χ2n) is 10.3. The first-order valence-corrected chi connectivity index (χ1v) is 13.3. The van der Waals surface area contributed by atoms with Crippen LogP contribution in [0.2, 0.25) is 0 Å². The molecule has 2 heterocycles. The number of hydrogen-bond acceptors (Lipinski definition) is 4. The minimum Gasteiger partial charge on any atom is -0.484 e. The first kappa shape index (κ1) is 25.2. The molecular formula is C29H34FN3O4. The molecule has 1 saturated heterocycles. The Bertz CT molecular complexity index is 1140. The molecule has 0 aromatic heterocycles. The summed E-state index contributed by atoms with van der Waals surface area (Å²) in [4.78, 5) is 43.8. The highest BCUT2D eigenvalue weighted by Gasteiger charge is 2.46. The molecule has 2 aromatic carbocycles. The molecule has 0 radical (unpaired) electrons. The molecule has 37 heavy (non-hydrogen) atoms. The normalized spacial score (nSPS) is 24.0. The molecular weight excluding hydrogens is 473 g/mol. The van der Waals surface area contributed by atoms with Crippen LogP contribution in [0.15, 0.2) is 48.5 Å². The van der Waals surface area contributed by atoms with Gasteiger partial charge in [0.15, 0.2) is 6.61 Å². The molecule has 2 aromatic rings. The average molecular weight is 508 g/mol. The van der Waals surface area contributed by atoms with Gasteiger partial charge in [-0.1, -0.05) is 24.3 Å². The third-order valence-electron chi connectivity index (χ3n) is 7.93. The van der Waals surface area contributed by atoms with Gasteiger partial charge in [0.1, 0.15) is 11.6 Å². The van der Waals surface area contributed by atoms with Crippen LogP contribution in [-0.2, 0) is 27.3 Å². The average Bonchev–Trinajstić information content (AvgIpc) is 3.36. The Morgan fingerprint density at radius 3 is 2.57 bits per heavy atom. The number of nitrogens with zero attached hydrogens (tertiary/aromatic N) is 2. The van der Waals surface area contributed by atoms with E-state index in [1.54, 1.807) is 4.90 Å². The smallest absolute Gasteiger partial charge is 0.260 e. The Kier molecular flexibility index (Phi) is 7.72. The number of hydrogen-bond donors (Lipinski definition) is 1.